The summed E-state index contributed by atoms with van der Waals surface area (Å²) >= 11 is 8.20. The molecule has 0 amide bonds. The summed E-state index contributed by atoms with van der Waals surface area (Å²) in [7, 11) is -3.68. The number of halogens is 5. The van der Waals surface area contributed by atoms with E-state index in [2.05, 4.69) is 32.6 Å². The van der Waals surface area contributed by atoms with Crippen molar-refractivity contribution < 1.29 is 21.6 Å². The normalized spacial score (nSPS) is 11.4. The molecule has 0 aliphatic carbocycles. The fraction of sp³-hybridized carbons (Fsp3) is 0.143. The molecule has 0 bridgehead atoms. The molecule has 164 valence electrons. The number of benzene rings is 3. The van der Waals surface area contributed by atoms with Gasteiger partial charge < -0.3 is 5.32 Å². The average molecular weight is 581 g/mol. The summed E-state index contributed by atoms with van der Waals surface area (Å²) in [5.41, 5.74) is -0.00149. The van der Waals surface area contributed by atoms with E-state index in [4.69, 9.17) is 11.6 Å². The van der Waals surface area contributed by atoms with Crippen LogP contribution in [0.1, 0.15) is 18.1 Å². The molecule has 0 aliphatic heterocycles. The third kappa shape index (κ3) is 5.64. The Labute approximate surface area is 197 Å². The number of sulfonamides is 1. The Morgan fingerprint density at radius 2 is 1.58 bits per heavy atom. The minimum atomic E-state index is -3.68. The van der Waals surface area contributed by atoms with Crippen molar-refractivity contribution in [1.82, 2.24) is 0 Å². The smallest absolute Gasteiger partial charge is 0.232 e. The lowest BCUT2D eigenvalue weighted by Crippen LogP contribution is -2.16. The van der Waals surface area contributed by atoms with Gasteiger partial charge in [-0.3, -0.25) is 4.72 Å². The number of hydrogen-bond acceptors (Lipinski definition) is 3. The summed E-state index contributed by atoms with van der Waals surface area (Å²) in [5.74, 6) is -3.33. The molecule has 4 nitrogen and oxygen atoms in total. The third-order valence-electron chi connectivity index (χ3n) is 4.47. The van der Waals surface area contributed by atoms with Gasteiger partial charge in [0.05, 0.1) is 27.8 Å². The molecule has 0 heterocycles. The van der Waals surface area contributed by atoms with Gasteiger partial charge >= 0.3 is 0 Å². The van der Waals surface area contributed by atoms with Crippen LogP contribution in [0.3, 0.4) is 0 Å². The van der Waals surface area contributed by atoms with Crippen molar-refractivity contribution >= 4 is 61.3 Å². The van der Waals surface area contributed by atoms with Crippen molar-refractivity contribution in [3.63, 3.8) is 0 Å². The Kier molecular flexibility index (Phi) is 7.38. The van der Waals surface area contributed by atoms with Crippen LogP contribution in [0.15, 0.2) is 48.5 Å². The van der Waals surface area contributed by atoms with Crippen molar-refractivity contribution in [2.45, 2.75) is 13.3 Å². The lowest BCUT2D eigenvalue weighted by molar-refractivity contribution is 0.503. The molecular formula is C21H17ClF3IN2O2S. The van der Waals surface area contributed by atoms with E-state index in [1.54, 1.807) is 18.2 Å². The number of rotatable bonds is 7. The first-order valence-corrected chi connectivity index (χ1v) is 12.2. The fourth-order valence-corrected chi connectivity index (χ4v) is 4.34. The Hall–Kier alpha value is -1.98. The molecule has 2 N–H and O–H groups in total. The second-order valence-electron chi connectivity index (χ2n) is 6.61. The zero-order valence-electron chi connectivity index (χ0n) is 16.1. The molecule has 3 aromatic carbocycles. The quantitative estimate of drug-likeness (QED) is 0.316. The first-order valence-electron chi connectivity index (χ1n) is 9.08. The van der Waals surface area contributed by atoms with Crippen molar-refractivity contribution in [3.8, 4) is 0 Å². The largest absolute Gasteiger partial charge is 0.352 e. The predicted octanol–water partition coefficient (Wildman–Crippen LogP) is 6.46. The van der Waals surface area contributed by atoms with Gasteiger partial charge in [0.1, 0.15) is 0 Å². The van der Waals surface area contributed by atoms with Crippen LogP contribution < -0.4 is 10.0 Å². The summed E-state index contributed by atoms with van der Waals surface area (Å²) in [5, 5.41) is 3.10. The second-order valence-corrected chi connectivity index (χ2v) is 10.3. The van der Waals surface area contributed by atoms with Crippen LogP contribution in [-0.2, 0) is 16.4 Å². The van der Waals surface area contributed by atoms with Crippen LogP contribution >= 0.6 is 34.2 Å². The highest BCUT2D eigenvalue weighted by Gasteiger charge is 2.18. The van der Waals surface area contributed by atoms with E-state index in [1.165, 1.54) is 37.3 Å². The SMILES string of the molecule is CCS(=O)(=O)Nc1cccc(Cc2ccc(Nc3ccc(I)cc3Cl)c(F)c2F)c1F. The molecule has 0 fully saturated rings. The van der Waals surface area contributed by atoms with Gasteiger partial charge in [0.25, 0.3) is 0 Å². The van der Waals surface area contributed by atoms with Gasteiger partial charge in [0.15, 0.2) is 17.5 Å². The Morgan fingerprint density at radius 3 is 2.26 bits per heavy atom. The van der Waals surface area contributed by atoms with Crippen LogP contribution in [0.25, 0.3) is 0 Å². The summed E-state index contributed by atoms with van der Waals surface area (Å²) in [6.07, 6.45) is -0.263. The lowest BCUT2D eigenvalue weighted by atomic mass is 10.0. The molecule has 3 aromatic rings. The minimum Gasteiger partial charge on any atom is -0.352 e. The summed E-state index contributed by atoms with van der Waals surface area (Å²) in [6, 6.07) is 11.8. The third-order valence-corrected chi connectivity index (χ3v) is 6.74. The highest BCUT2D eigenvalue weighted by molar-refractivity contribution is 14.1. The van der Waals surface area contributed by atoms with Gasteiger partial charge in [-0.1, -0.05) is 29.8 Å². The van der Waals surface area contributed by atoms with Crippen molar-refractivity contribution in [2.75, 3.05) is 15.8 Å². The van der Waals surface area contributed by atoms with Crippen molar-refractivity contribution in [1.29, 1.82) is 0 Å². The van der Waals surface area contributed by atoms with E-state index in [-0.39, 0.29) is 34.7 Å². The van der Waals surface area contributed by atoms with E-state index in [9.17, 15) is 21.6 Å². The molecule has 0 spiro atoms. The molecule has 0 saturated carbocycles. The monoisotopic (exact) mass is 580 g/mol. The van der Waals surface area contributed by atoms with E-state index in [1.807, 2.05) is 0 Å². The first-order chi connectivity index (χ1) is 14.6. The summed E-state index contributed by atoms with van der Waals surface area (Å²) in [6.45, 7) is 1.42. The average Bonchev–Trinajstić information content (AvgIpc) is 2.72. The first kappa shape index (κ1) is 23.7. The number of anilines is 3. The molecule has 3 rings (SSSR count). The van der Waals surface area contributed by atoms with Crippen LogP contribution in [0.4, 0.5) is 30.2 Å². The summed E-state index contributed by atoms with van der Waals surface area (Å²) in [4.78, 5) is 0. The van der Waals surface area contributed by atoms with Gasteiger partial charge in [0.2, 0.25) is 10.0 Å². The van der Waals surface area contributed by atoms with Crippen molar-refractivity contribution in [2.24, 2.45) is 0 Å². The van der Waals surface area contributed by atoms with Crippen LogP contribution in [0, 0.1) is 21.0 Å². The topological polar surface area (TPSA) is 58.2 Å². The second kappa shape index (κ2) is 9.66. The van der Waals surface area contributed by atoms with Gasteiger partial charge in [-0.25, -0.2) is 21.6 Å². The molecule has 10 heteroatoms. The fourth-order valence-electron chi connectivity index (χ4n) is 2.80. The highest BCUT2D eigenvalue weighted by Crippen LogP contribution is 2.31. The zero-order valence-corrected chi connectivity index (χ0v) is 19.9. The predicted molar refractivity (Wildman–Crippen MR) is 126 cm³/mol. The maximum Gasteiger partial charge on any atom is 0.232 e. The molecule has 31 heavy (non-hydrogen) atoms. The lowest BCUT2D eigenvalue weighted by Gasteiger charge is -2.13. The maximum atomic E-state index is 14.7. The van der Waals surface area contributed by atoms with Crippen LogP contribution in [0.2, 0.25) is 5.02 Å². The highest BCUT2D eigenvalue weighted by atomic mass is 127. The maximum absolute atomic E-state index is 14.7. The molecule has 0 aromatic heterocycles. The molecule has 0 unspecified atom stereocenters. The minimum absolute atomic E-state index is 0.0241. The Bertz CT molecular complexity index is 1240. The van der Waals surface area contributed by atoms with Gasteiger partial charge in [0, 0.05) is 9.99 Å². The van der Waals surface area contributed by atoms with E-state index in [0.29, 0.717) is 10.7 Å². The molecule has 0 saturated heterocycles. The number of hydrogen-bond donors (Lipinski definition) is 2. The summed E-state index contributed by atoms with van der Waals surface area (Å²) < 4.78 is 70.5. The van der Waals surface area contributed by atoms with E-state index < -0.39 is 27.5 Å². The van der Waals surface area contributed by atoms with E-state index in [0.717, 1.165) is 3.57 Å². The van der Waals surface area contributed by atoms with Crippen LogP contribution in [0.5, 0.6) is 0 Å². The van der Waals surface area contributed by atoms with E-state index >= 15 is 0 Å². The van der Waals surface area contributed by atoms with Gasteiger partial charge in [-0.2, -0.15) is 0 Å². The van der Waals surface area contributed by atoms with Gasteiger partial charge in [-0.05, 0) is 71.0 Å². The number of nitrogens with one attached hydrogen (secondary N) is 2. The molecular weight excluding hydrogens is 564 g/mol. The van der Waals surface area contributed by atoms with Crippen molar-refractivity contribution in [3.05, 3.63) is 85.7 Å². The van der Waals surface area contributed by atoms with Crippen LogP contribution in [-0.4, -0.2) is 14.2 Å². The molecule has 0 atom stereocenters. The van der Waals surface area contributed by atoms with Gasteiger partial charge in [-0.15, -0.1) is 0 Å². The zero-order chi connectivity index (χ0) is 22.8. The molecule has 0 radical (unpaired) electrons. The molecule has 0 aliphatic rings. The standard InChI is InChI=1S/C21H17ClF3IN2O2S/c1-2-31(29,30)28-18-5-3-4-12(19(18)23)10-13-6-8-17(21(25)20(13)24)27-16-9-7-14(26)11-15(16)22/h3-9,11,27-28H,2,10H2,1H3. The Morgan fingerprint density at radius 1 is 0.903 bits per heavy atom. The Balaban J connectivity index is 1.88.